The summed E-state index contributed by atoms with van der Waals surface area (Å²) >= 11 is 0. The van der Waals surface area contributed by atoms with Gasteiger partial charge in [-0.05, 0) is 45.4 Å². The Labute approximate surface area is 106 Å². The van der Waals surface area contributed by atoms with E-state index in [-0.39, 0.29) is 0 Å². The fourth-order valence-electron chi connectivity index (χ4n) is 2.97. The van der Waals surface area contributed by atoms with Crippen molar-refractivity contribution in [2.75, 3.05) is 45.8 Å². The molecule has 98 valence electrons. The third kappa shape index (κ3) is 3.54. The van der Waals surface area contributed by atoms with Gasteiger partial charge in [0.1, 0.15) is 0 Å². The summed E-state index contributed by atoms with van der Waals surface area (Å²) < 4.78 is 0. The van der Waals surface area contributed by atoms with Gasteiger partial charge in [0.15, 0.2) is 0 Å². The van der Waals surface area contributed by atoms with Gasteiger partial charge in [-0.2, -0.15) is 0 Å². The molecule has 3 heteroatoms. The SMILES string of the molecule is C/C=C(/CN1CCCC1)C(C)N1CCNCC1. The van der Waals surface area contributed by atoms with Gasteiger partial charge in [-0.3, -0.25) is 9.80 Å². The lowest BCUT2D eigenvalue weighted by molar-refractivity contribution is 0.196. The van der Waals surface area contributed by atoms with E-state index in [1.54, 1.807) is 5.57 Å². The van der Waals surface area contributed by atoms with Crippen LogP contribution in [0.4, 0.5) is 0 Å². The van der Waals surface area contributed by atoms with Crippen molar-refractivity contribution in [3.63, 3.8) is 0 Å². The minimum atomic E-state index is 0.614. The highest BCUT2D eigenvalue weighted by Gasteiger charge is 2.21. The van der Waals surface area contributed by atoms with E-state index in [1.165, 1.54) is 45.6 Å². The quantitative estimate of drug-likeness (QED) is 0.744. The van der Waals surface area contributed by atoms with Crippen molar-refractivity contribution in [3.05, 3.63) is 11.6 Å². The van der Waals surface area contributed by atoms with Crippen LogP contribution >= 0.6 is 0 Å². The van der Waals surface area contributed by atoms with E-state index in [4.69, 9.17) is 0 Å². The third-order valence-corrected chi connectivity index (χ3v) is 4.21. The summed E-state index contributed by atoms with van der Waals surface area (Å²) in [6, 6.07) is 0.614. The summed E-state index contributed by atoms with van der Waals surface area (Å²) in [5, 5.41) is 3.43. The molecule has 2 heterocycles. The van der Waals surface area contributed by atoms with Crippen LogP contribution < -0.4 is 5.32 Å². The molecule has 0 radical (unpaired) electrons. The second kappa shape index (κ2) is 6.53. The smallest absolute Gasteiger partial charge is 0.0292 e. The third-order valence-electron chi connectivity index (χ3n) is 4.21. The zero-order valence-corrected chi connectivity index (χ0v) is 11.4. The largest absolute Gasteiger partial charge is 0.314 e. The van der Waals surface area contributed by atoms with E-state index in [1.807, 2.05) is 0 Å². The molecule has 2 rings (SSSR count). The predicted octanol–water partition coefficient (Wildman–Crippen LogP) is 1.32. The van der Waals surface area contributed by atoms with E-state index in [0.717, 1.165) is 13.1 Å². The van der Waals surface area contributed by atoms with Gasteiger partial charge in [-0.15, -0.1) is 0 Å². The molecule has 2 fully saturated rings. The van der Waals surface area contributed by atoms with Gasteiger partial charge in [0, 0.05) is 38.8 Å². The minimum Gasteiger partial charge on any atom is -0.314 e. The Morgan fingerprint density at radius 1 is 1.18 bits per heavy atom. The molecule has 17 heavy (non-hydrogen) atoms. The van der Waals surface area contributed by atoms with Crippen LogP contribution in [0.1, 0.15) is 26.7 Å². The van der Waals surface area contributed by atoms with Crippen molar-refractivity contribution in [1.82, 2.24) is 15.1 Å². The maximum absolute atomic E-state index is 3.43. The molecule has 0 aromatic rings. The standard InChI is InChI=1S/C14H27N3/c1-3-14(12-16-8-4-5-9-16)13(2)17-10-6-15-7-11-17/h3,13,15H,4-12H2,1-2H3/b14-3-. The van der Waals surface area contributed by atoms with Gasteiger partial charge in [0.2, 0.25) is 0 Å². The summed E-state index contributed by atoms with van der Waals surface area (Å²) in [5.74, 6) is 0. The van der Waals surface area contributed by atoms with E-state index in [9.17, 15) is 0 Å². The number of piperazine rings is 1. The van der Waals surface area contributed by atoms with Crippen molar-refractivity contribution < 1.29 is 0 Å². The van der Waals surface area contributed by atoms with Crippen LogP contribution in [0, 0.1) is 0 Å². The summed E-state index contributed by atoms with van der Waals surface area (Å²) in [6.07, 6.45) is 5.11. The number of hydrogen-bond acceptors (Lipinski definition) is 3. The molecule has 2 saturated heterocycles. The molecular formula is C14H27N3. The molecule has 0 saturated carbocycles. The zero-order chi connectivity index (χ0) is 12.1. The van der Waals surface area contributed by atoms with Gasteiger partial charge in [-0.1, -0.05) is 6.08 Å². The van der Waals surface area contributed by atoms with Crippen molar-refractivity contribution >= 4 is 0 Å². The topological polar surface area (TPSA) is 18.5 Å². The molecule has 0 aromatic carbocycles. The van der Waals surface area contributed by atoms with Crippen LogP contribution in [0.25, 0.3) is 0 Å². The Balaban J connectivity index is 1.87. The normalized spacial score (nSPS) is 26.4. The molecule has 0 bridgehead atoms. The number of nitrogens with zero attached hydrogens (tertiary/aromatic N) is 2. The van der Waals surface area contributed by atoms with Crippen molar-refractivity contribution in [2.24, 2.45) is 0 Å². The van der Waals surface area contributed by atoms with E-state index >= 15 is 0 Å². The number of nitrogens with one attached hydrogen (secondary N) is 1. The second-order valence-electron chi connectivity index (χ2n) is 5.31. The highest BCUT2D eigenvalue weighted by molar-refractivity contribution is 5.12. The number of hydrogen-bond donors (Lipinski definition) is 1. The lowest BCUT2D eigenvalue weighted by Crippen LogP contribution is -2.49. The van der Waals surface area contributed by atoms with Gasteiger partial charge in [-0.25, -0.2) is 0 Å². The van der Waals surface area contributed by atoms with Crippen molar-refractivity contribution in [3.8, 4) is 0 Å². The van der Waals surface area contributed by atoms with Crippen LogP contribution in [-0.2, 0) is 0 Å². The molecule has 1 atom stereocenters. The fraction of sp³-hybridized carbons (Fsp3) is 0.857. The first-order chi connectivity index (χ1) is 8.31. The first-order valence-corrected chi connectivity index (χ1v) is 7.13. The Hall–Kier alpha value is -0.380. The molecule has 0 amide bonds. The van der Waals surface area contributed by atoms with Gasteiger partial charge in [0.05, 0.1) is 0 Å². The Kier molecular flexibility index (Phi) is 5.01. The number of likely N-dealkylation sites (tertiary alicyclic amines) is 1. The van der Waals surface area contributed by atoms with Gasteiger partial charge in [0.25, 0.3) is 0 Å². The fourth-order valence-corrected chi connectivity index (χ4v) is 2.97. The maximum atomic E-state index is 3.43. The molecule has 2 aliphatic heterocycles. The van der Waals surface area contributed by atoms with E-state index in [0.29, 0.717) is 6.04 Å². The van der Waals surface area contributed by atoms with Crippen LogP contribution in [0.5, 0.6) is 0 Å². The molecule has 0 aromatic heterocycles. The molecule has 3 nitrogen and oxygen atoms in total. The summed E-state index contributed by atoms with van der Waals surface area (Å²) in [5.41, 5.74) is 1.61. The number of allylic oxidation sites excluding steroid dienone is 1. The molecule has 1 N–H and O–H groups in total. The van der Waals surface area contributed by atoms with E-state index < -0.39 is 0 Å². The summed E-state index contributed by atoms with van der Waals surface area (Å²) in [6.45, 7) is 13.0. The highest BCUT2D eigenvalue weighted by Crippen LogP contribution is 2.16. The first-order valence-electron chi connectivity index (χ1n) is 7.13. The average Bonchev–Trinajstić information content (AvgIpc) is 2.89. The van der Waals surface area contributed by atoms with Crippen LogP contribution in [0.15, 0.2) is 11.6 Å². The minimum absolute atomic E-state index is 0.614. The summed E-state index contributed by atoms with van der Waals surface area (Å²) in [7, 11) is 0. The van der Waals surface area contributed by atoms with Crippen LogP contribution in [0.3, 0.4) is 0 Å². The number of rotatable bonds is 4. The maximum Gasteiger partial charge on any atom is 0.0292 e. The van der Waals surface area contributed by atoms with Crippen molar-refractivity contribution in [1.29, 1.82) is 0 Å². The lowest BCUT2D eigenvalue weighted by atomic mass is 10.1. The highest BCUT2D eigenvalue weighted by atomic mass is 15.2. The lowest BCUT2D eigenvalue weighted by Gasteiger charge is -2.35. The van der Waals surface area contributed by atoms with Gasteiger partial charge >= 0.3 is 0 Å². The van der Waals surface area contributed by atoms with Crippen LogP contribution in [0.2, 0.25) is 0 Å². The first kappa shape index (κ1) is 13.1. The van der Waals surface area contributed by atoms with E-state index in [2.05, 4.69) is 35.0 Å². The average molecular weight is 237 g/mol. The Bertz CT molecular complexity index is 250. The molecule has 0 spiro atoms. The van der Waals surface area contributed by atoms with Crippen molar-refractivity contribution in [2.45, 2.75) is 32.7 Å². The predicted molar refractivity (Wildman–Crippen MR) is 73.3 cm³/mol. The van der Waals surface area contributed by atoms with Gasteiger partial charge < -0.3 is 5.32 Å². The zero-order valence-electron chi connectivity index (χ0n) is 11.4. The molecule has 0 aliphatic carbocycles. The molecule has 1 unspecified atom stereocenters. The van der Waals surface area contributed by atoms with Crippen LogP contribution in [-0.4, -0.2) is 61.7 Å². The Morgan fingerprint density at radius 3 is 2.41 bits per heavy atom. The second-order valence-corrected chi connectivity index (χ2v) is 5.31. The monoisotopic (exact) mass is 237 g/mol. The summed E-state index contributed by atoms with van der Waals surface area (Å²) in [4.78, 5) is 5.22. The molecular weight excluding hydrogens is 210 g/mol. The Morgan fingerprint density at radius 2 is 1.82 bits per heavy atom. The molecule has 2 aliphatic rings.